The molecule has 7 nitrogen and oxygen atoms in total. The number of methoxy groups -OCH3 is 1. The first-order valence-corrected chi connectivity index (χ1v) is 9.43. The van der Waals surface area contributed by atoms with Crippen molar-refractivity contribution in [2.75, 3.05) is 32.1 Å². The smallest absolute Gasteiger partial charge is 0.329 e. The van der Waals surface area contributed by atoms with Crippen molar-refractivity contribution in [3.05, 3.63) is 32.7 Å². The predicted octanol–water partition coefficient (Wildman–Crippen LogP) is 1.61. The molecule has 0 amide bonds. The fraction of sp³-hybridized carbons (Fsp3) is 0.579. The van der Waals surface area contributed by atoms with Gasteiger partial charge in [-0.25, -0.2) is 9.18 Å². The topological polar surface area (TPSA) is 79.4 Å². The normalized spacial score (nSPS) is 21.0. The summed E-state index contributed by atoms with van der Waals surface area (Å²) in [5.41, 5.74) is -0.307. The number of halogens is 1. The van der Waals surface area contributed by atoms with Gasteiger partial charge in [0.1, 0.15) is 11.2 Å². The van der Waals surface area contributed by atoms with Crippen molar-refractivity contribution >= 4 is 16.6 Å². The molecular weight excluding hydrogens is 351 g/mol. The molecule has 1 saturated carbocycles. The number of nitrogens with zero attached hydrogens (tertiary/aromatic N) is 2. The molecule has 2 aliphatic rings. The van der Waals surface area contributed by atoms with Crippen LogP contribution in [-0.2, 0) is 0 Å². The van der Waals surface area contributed by atoms with Gasteiger partial charge in [0.15, 0.2) is 11.6 Å². The van der Waals surface area contributed by atoms with Crippen molar-refractivity contribution in [2.45, 2.75) is 38.3 Å². The van der Waals surface area contributed by atoms with E-state index in [4.69, 9.17) is 4.74 Å². The lowest BCUT2D eigenvalue weighted by Crippen LogP contribution is -2.33. The van der Waals surface area contributed by atoms with Gasteiger partial charge in [0.2, 0.25) is 0 Å². The van der Waals surface area contributed by atoms with Gasteiger partial charge in [-0.05, 0) is 45.2 Å². The number of rotatable bonds is 5. The summed E-state index contributed by atoms with van der Waals surface area (Å²) in [5.74, 6) is 0.168. The van der Waals surface area contributed by atoms with Crippen LogP contribution in [0.2, 0.25) is 0 Å². The summed E-state index contributed by atoms with van der Waals surface area (Å²) in [7, 11) is 3.38. The van der Waals surface area contributed by atoms with Crippen LogP contribution in [0.4, 0.5) is 10.1 Å². The van der Waals surface area contributed by atoms with Crippen molar-refractivity contribution in [3.63, 3.8) is 0 Å². The number of hydrogen-bond donors (Lipinski definition) is 2. The maximum Gasteiger partial charge on any atom is 0.329 e. The molecule has 0 spiro atoms. The molecule has 2 atom stereocenters. The number of anilines is 1. The monoisotopic (exact) mass is 376 g/mol. The molecule has 1 aliphatic carbocycles. The highest BCUT2D eigenvalue weighted by molar-refractivity contribution is 5.91. The van der Waals surface area contributed by atoms with Crippen LogP contribution in [0.15, 0.2) is 15.7 Å². The summed E-state index contributed by atoms with van der Waals surface area (Å²) in [6.45, 7) is 3.51. The van der Waals surface area contributed by atoms with Crippen LogP contribution < -0.4 is 26.2 Å². The van der Waals surface area contributed by atoms with E-state index in [1.807, 2.05) is 11.9 Å². The SMILES string of the molecule is CN[C@@H](C)[C@@H]1CCN(c2c(F)cc3c(=O)[nH]c(=O)n(C4CC4)c3c2OC)C1. The fourth-order valence-electron chi connectivity index (χ4n) is 4.15. The average molecular weight is 376 g/mol. The standard InChI is InChI=1S/C19H25FN4O3/c1-10(21-2)11-6-7-23(9-11)16-14(20)8-13-15(17(16)27-3)24(12-4-5-12)19(26)22-18(13)25/h8,10-12,21H,4-7,9H2,1-3H3,(H,22,25,26)/t10-,11+/m0/s1. The second kappa shape index (κ2) is 6.67. The zero-order valence-corrected chi connectivity index (χ0v) is 15.8. The highest BCUT2D eigenvalue weighted by atomic mass is 19.1. The minimum absolute atomic E-state index is 0.0275. The molecule has 2 heterocycles. The lowest BCUT2D eigenvalue weighted by Gasteiger charge is -2.25. The third-order valence-electron chi connectivity index (χ3n) is 5.93. The lowest BCUT2D eigenvalue weighted by molar-refractivity contribution is 0.411. The second-order valence-electron chi connectivity index (χ2n) is 7.57. The summed E-state index contributed by atoms with van der Waals surface area (Å²) in [4.78, 5) is 29.0. The largest absolute Gasteiger partial charge is 0.492 e. The van der Waals surface area contributed by atoms with Gasteiger partial charge >= 0.3 is 5.69 Å². The molecule has 0 radical (unpaired) electrons. The van der Waals surface area contributed by atoms with Crippen LogP contribution in [0.1, 0.15) is 32.2 Å². The summed E-state index contributed by atoms with van der Waals surface area (Å²) >= 11 is 0. The fourth-order valence-corrected chi connectivity index (χ4v) is 4.15. The van der Waals surface area contributed by atoms with E-state index in [0.29, 0.717) is 36.3 Å². The third-order valence-corrected chi connectivity index (χ3v) is 5.93. The van der Waals surface area contributed by atoms with E-state index in [9.17, 15) is 9.59 Å². The molecule has 1 aromatic carbocycles. The number of benzene rings is 1. The Hall–Kier alpha value is -2.35. The number of nitrogens with one attached hydrogen (secondary N) is 2. The Morgan fingerprint density at radius 3 is 2.70 bits per heavy atom. The minimum atomic E-state index is -0.584. The van der Waals surface area contributed by atoms with Gasteiger partial charge in [-0.15, -0.1) is 0 Å². The van der Waals surface area contributed by atoms with E-state index < -0.39 is 17.1 Å². The highest BCUT2D eigenvalue weighted by Crippen LogP contribution is 2.43. The minimum Gasteiger partial charge on any atom is -0.492 e. The van der Waals surface area contributed by atoms with E-state index in [-0.39, 0.29) is 17.2 Å². The number of H-pyrrole nitrogens is 1. The van der Waals surface area contributed by atoms with E-state index in [1.54, 1.807) is 4.57 Å². The first-order valence-electron chi connectivity index (χ1n) is 9.43. The molecule has 2 N–H and O–H groups in total. The summed E-state index contributed by atoms with van der Waals surface area (Å²) in [5, 5.41) is 3.41. The van der Waals surface area contributed by atoms with Crippen LogP contribution in [0, 0.1) is 11.7 Å². The van der Waals surface area contributed by atoms with E-state index in [0.717, 1.165) is 19.3 Å². The second-order valence-corrected chi connectivity index (χ2v) is 7.57. The van der Waals surface area contributed by atoms with Crippen molar-refractivity contribution in [1.29, 1.82) is 0 Å². The zero-order chi connectivity index (χ0) is 19.3. The van der Waals surface area contributed by atoms with Crippen molar-refractivity contribution in [1.82, 2.24) is 14.9 Å². The van der Waals surface area contributed by atoms with Gasteiger partial charge in [0.25, 0.3) is 5.56 Å². The maximum absolute atomic E-state index is 15.1. The average Bonchev–Trinajstić information content (AvgIpc) is 3.36. The van der Waals surface area contributed by atoms with E-state index in [2.05, 4.69) is 17.2 Å². The molecule has 1 aliphatic heterocycles. The Balaban J connectivity index is 1.92. The Morgan fingerprint density at radius 2 is 2.07 bits per heavy atom. The Kier molecular flexibility index (Phi) is 4.46. The molecular formula is C19H25FN4O3. The zero-order valence-electron chi connectivity index (χ0n) is 15.8. The molecule has 1 saturated heterocycles. The molecule has 146 valence electrons. The molecule has 2 fully saturated rings. The van der Waals surface area contributed by atoms with Crippen LogP contribution in [-0.4, -0.2) is 42.8 Å². The molecule has 0 unspecified atom stereocenters. The Bertz CT molecular complexity index is 995. The molecule has 1 aromatic heterocycles. The van der Waals surface area contributed by atoms with Crippen LogP contribution in [0.5, 0.6) is 5.75 Å². The van der Waals surface area contributed by atoms with Gasteiger partial charge in [-0.3, -0.25) is 14.3 Å². The maximum atomic E-state index is 15.1. The third kappa shape index (κ3) is 2.92. The number of aromatic amines is 1. The van der Waals surface area contributed by atoms with Gasteiger partial charge in [-0.1, -0.05) is 0 Å². The van der Waals surface area contributed by atoms with Crippen LogP contribution in [0.25, 0.3) is 10.9 Å². The first kappa shape index (κ1) is 18.0. The summed E-state index contributed by atoms with van der Waals surface area (Å²) < 4.78 is 22.2. The van der Waals surface area contributed by atoms with E-state index in [1.165, 1.54) is 13.2 Å². The van der Waals surface area contributed by atoms with E-state index >= 15 is 4.39 Å². The summed E-state index contributed by atoms with van der Waals surface area (Å²) in [6, 6.07) is 1.58. The number of ether oxygens (including phenoxy) is 1. The van der Waals surface area contributed by atoms with Crippen molar-refractivity contribution in [3.8, 4) is 5.75 Å². The Labute approximate surface area is 156 Å². The van der Waals surface area contributed by atoms with Gasteiger partial charge < -0.3 is 15.0 Å². The summed E-state index contributed by atoms with van der Waals surface area (Å²) in [6.07, 6.45) is 2.66. The molecule has 27 heavy (non-hydrogen) atoms. The van der Waals surface area contributed by atoms with Crippen LogP contribution in [0.3, 0.4) is 0 Å². The number of aromatic nitrogens is 2. The molecule has 8 heteroatoms. The molecule has 0 bridgehead atoms. The van der Waals surface area contributed by atoms with Crippen molar-refractivity contribution in [2.24, 2.45) is 5.92 Å². The van der Waals surface area contributed by atoms with Gasteiger partial charge in [-0.2, -0.15) is 0 Å². The quantitative estimate of drug-likeness (QED) is 0.829. The van der Waals surface area contributed by atoms with Crippen LogP contribution >= 0.6 is 0 Å². The first-order chi connectivity index (χ1) is 13.0. The highest BCUT2D eigenvalue weighted by Gasteiger charge is 2.34. The molecule has 2 aromatic rings. The number of hydrogen-bond acceptors (Lipinski definition) is 5. The molecule has 4 rings (SSSR count). The van der Waals surface area contributed by atoms with Gasteiger partial charge in [0, 0.05) is 25.2 Å². The number of fused-ring (bicyclic) bond motifs is 1. The lowest BCUT2D eigenvalue weighted by atomic mass is 10.0. The van der Waals surface area contributed by atoms with Gasteiger partial charge in [0.05, 0.1) is 12.5 Å². The predicted molar refractivity (Wildman–Crippen MR) is 102 cm³/mol. The Morgan fingerprint density at radius 1 is 1.33 bits per heavy atom. The van der Waals surface area contributed by atoms with Crippen molar-refractivity contribution < 1.29 is 9.13 Å².